The van der Waals surface area contributed by atoms with E-state index in [1.807, 2.05) is 6.07 Å². The Morgan fingerprint density at radius 1 is 0.766 bits per heavy atom. The molecule has 4 aliphatic heterocycles. The standard InChI is InChI=1S/C37H42GeN2O7/c1-38(2)32-17-24(39-19-26(41)20-39)11-14-29(32)37(30-15-12-25(18-33(30)38)40-21-27(42)22-40)31-16-23(10-13-28(31)36(46)47-37)34(43)8-6-4-3-5-7-9-35(44)45/h10-18,26-27,41-42H,3-9,19-22H2,1-2H3,(H,44,45). The molecule has 0 aromatic heterocycles. The third kappa shape index (κ3) is 5.46. The van der Waals surface area contributed by atoms with Crippen molar-refractivity contribution < 1.29 is 34.4 Å². The van der Waals surface area contributed by atoms with Gasteiger partial charge in [-0.2, -0.15) is 0 Å². The van der Waals surface area contributed by atoms with Crippen molar-refractivity contribution in [2.45, 2.75) is 74.3 Å². The molecule has 0 atom stereocenters. The van der Waals surface area contributed by atoms with Crippen molar-refractivity contribution in [1.82, 2.24) is 0 Å². The third-order valence-corrected chi connectivity index (χ3v) is 17.9. The summed E-state index contributed by atoms with van der Waals surface area (Å²) in [6.45, 7) is 2.34. The Morgan fingerprint density at radius 3 is 1.83 bits per heavy atom. The molecular weight excluding hydrogens is 657 g/mol. The number of hydrogen-bond donors (Lipinski definition) is 3. The van der Waals surface area contributed by atoms with Crippen LogP contribution in [0.1, 0.15) is 82.4 Å². The van der Waals surface area contributed by atoms with Gasteiger partial charge in [-0.15, -0.1) is 0 Å². The zero-order chi connectivity index (χ0) is 33.1. The Morgan fingerprint density at radius 2 is 1.30 bits per heavy atom. The van der Waals surface area contributed by atoms with Crippen LogP contribution in [0.3, 0.4) is 0 Å². The molecule has 47 heavy (non-hydrogen) atoms. The molecular formula is C37H42GeN2O7. The topological polar surface area (TPSA) is 128 Å². The summed E-state index contributed by atoms with van der Waals surface area (Å²) in [5.74, 6) is 3.57. The predicted octanol–water partition coefficient (Wildman–Crippen LogP) is 3.64. The van der Waals surface area contributed by atoms with Crippen LogP contribution in [0.25, 0.3) is 0 Å². The van der Waals surface area contributed by atoms with Crippen LogP contribution in [0.15, 0.2) is 54.6 Å². The van der Waals surface area contributed by atoms with Crippen LogP contribution >= 0.6 is 0 Å². The van der Waals surface area contributed by atoms with Gasteiger partial charge in [0, 0.05) is 6.42 Å². The summed E-state index contributed by atoms with van der Waals surface area (Å²) in [6, 6.07) is 18.1. The summed E-state index contributed by atoms with van der Waals surface area (Å²) < 4.78 is 8.95. The first-order chi connectivity index (χ1) is 22.5. The molecule has 3 aromatic rings. The number of esters is 1. The molecule has 0 bridgehead atoms. The van der Waals surface area contributed by atoms with Gasteiger partial charge in [0.25, 0.3) is 0 Å². The maximum atomic E-state index is 13.7. The first-order valence-electron chi connectivity index (χ1n) is 16.8. The number of carboxylic acids is 1. The van der Waals surface area contributed by atoms with E-state index in [1.165, 1.54) is 8.79 Å². The van der Waals surface area contributed by atoms with Crippen LogP contribution in [-0.4, -0.2) is 84.7 Å². The predicted molar refractivity (Wildman–Crippen MR) is 182 cm³/mol. The number of fused-ring (bicyclic) bond motifs is 6. The summed E-state index contributed by atoms with van der Waals surface area (Å²) in [5, 5.41) is 28.9. The molecule has 4 aliphatic rings. The first kappa shape index (κ1) is 31.9. The molecule has 0 radical (unpaired) electrons. The number of benzene rings is 3. The Hall–Kier alpha value is -3.67. The molecule has 9 nitrogen and oxygen atoms in total. The number of hydrogen-bond acceptors (Lipinski definition) is 8. The van der Waals surface area contributed by atoms with E-state index in [9.17, 15) is 24.6 Å². The van der Waals surface area contributed by atoms with Crippen LogP contribution in [-0.2, 0) is 15.1 Å². The Bertz CT molecular complexity index is 1690. The fraction of sp³-hybridized carbons (Fsp3) is 0.432. The van der Waals surface area contributed by atoms with E-state index in [1.54, 1.807) is 12.1 Å². The monoisotopic (exact) mass is 700 g/mol. The summed E-state index contributed by atoms with van der Waals surface area (Å²) in [4.78, 5) is 42.3. The van der Waals surface area contributed by atoms with Crippen molar-refractivity contribution in [3.05, 3.63) is 82.4 Å². The number of carbonyl (C=O) groups excluding carboxylic acids is 2. The third-order valence-electron chi connectivity index (χ3n) is 10.5. The fourth-order valence-corrected chi connectivity index (χ4v) is 14.5. The van der Waals surface area contributed by atoms with Crippen LogP contribution in [0, 0.1) is 0 Å². The Balaban J connectivity index is 1.27. The van der Waals surface area contributed by atoms with Crippen LogP contribution in [0.5, 0.6) is 0 Å². The molecule has 0 amide bonds. The molecule has 0 unspecified atom stereocenters. The number of carboxylic acid groups (broad SMARTS) is 1. The van der Waals surface area contributed by atoms with E-state index >= 15 is 0 Å². The number of ketones is 1. The van der Waals surface area contributed by atoms with Crippen molar-refractivity contribution in [2.75, 3.05) is 36.0 Å². The molecule has 1 spiro atoms. The summed E-state index contributed by atoms with van der Waals surface area (Å²) in [6.07, 6.45) is 3.84. The number of aliphatic hydroxyl groups excluding tert-OH is 2. The van der Waals surface area contributed by atoms with Crippen molar-refractivity contribution in [2.24, 2.45) is 0 Å². The van der Waals surface area contributed by atoms with E-state index in [-0.39, 0.29) is 24.4 Å². The van der Waals surface area contributed by atoms with Crippen molar-refractivity contribution in [3.8, 4) is 0 Å². The first-order valence-corrected chi connectivity index (χ1v) is 23.1. The summed E-state index contributed by atoms with van der Waals surface area (Å²) in [7, 11) is 0. The molecule has 2 saturated heterocycles. The summed E-state index contributed by atoms with van der Waals surface area (Å²) >= 11 is -3.04. The van der Waals surface area contributed by atoms with E-state index < -0.39 is 30.8 Å². The van der Waals surface area contributed by atoms with E-state index in [0.717, 1.165) is 48.2 Å². The zero-order valence-electron chi connectivity index (χ0n) is 27.0. The number of β-amino-alcohol motifs (C(OH)–C–C–N with tert-alkyl or cyclic N) is 2. The number of aliphatic carboxylic acids is 1. The number of aliphatic hydroxyl groups is 2. The quantitative estimate of drug-likeness (QED) is 0.119. The van der Waals surface area contributed by atoms with Gasteiger partial charge in [-0.1, -0.05) is 0 Å². The minimum absolute atomic E-state index is 0.0143. The number of anilines is 2. The van der Waals surface area contributed by atoms with Gasteiger partial charge >= 0.3 is 256 Å². The number of rotatable bonds is 11. The van der Waals surface area contributed by atoms with Crippen LogP contribution in [0.4, 0.5) is 11.4 Å². The molecule has 7 rings (SSSR count). The maximum absolute atomic E-state index is 13.7. The van der Waals surface area contributed by atoms with Crippen molar-refractivity contribution in [1.29, 1.82) is 0 Å². The van der Waals surface area contributed by atoms with Gasteiger partial charge in [0.1, 0.15) is 0 Å². The average Bonchev–Trinajstić information content (AvgIpc) is 3.31. The number of carbonyl (C=O) groups is 3. The van der Waals surface area contributed by atoms with Crippen LogP contribution in [0.2, 0.25) is 11.5 Å². The number of nitrogens with zero attached hydrogens (tertiary/aromatic N) is 2. The van der Waals surface area contributed by atoms with Crippen molar-refractivity contribution in [3.63, 3.8) is 0 Å². The Labute approximate surface area is 277 Å². The van der Waals surface area contributed by atoms with Gasteiger partial charge in [-0.05, 0) is 6.42 Å². The Kier molecular flexibility index (Phi) is 8.21. The second-order valence-electron chi connectivity index (χ2n) is 14.1. The SMILES string of the molecule is [CH3][Ge]1([CH3])[c]2cc(N3CC(O)C3)ccc2C2(OC(=O)c3ccc(C(=O)CCCCCCCC(=O)O)cc32)c2ccc(N3CC(O)C3)c[c]21. The number of Topliss-reactive ketones (excluding diaryl/α,β-unsaturated/α-hetero) is 1. The van der Waals surface area contributed by atoms with Gasteiger partial charge in [0.15, 0.2) is 0 Å². The summed E-state index contributed by atoms with van der Waals surface area (Å²) in [5.41, 5.74) is 4.51. The van der Waals surface area contributed by atoms with Crippen molar-refractivity contribution >= 4 is 51.2 Å². The molecule has 0 saturated carbocycles. The van der Waals surface area contributed by atoms with E-state index in [4.69, 9.17) is 9.84 Å². The normalized spacial score (nSPS) is 19.0. The number of ether oxygens (including phenoxy) is 1. The average molecular weight is 699 g/mol. The molecule has 4 heterocycles. The van der Waals surface area contributed by atoms with Gasteiger partial charge in [0.05, 0.1) is 0 Å². The molecule has 2 fully saturated rings. The fourth-order valence-electron chi connectivity index (χ4n) is 7.80. The van der Waals surface area contributed by atoms with Crippen LogP contribution < -0.4 is 18.6 Å². The number of unbranched alkanes of at least 4 members (excludes halogenated alkanes) is 4. The zero-order valence-corrected chi connectivity index (χ0v) is 29.1. The van der Waals surface area contributed by atoms with E-state index in [0.29, 0.717) is 55.7 Å². The molecule has 0 aliphatic carbocycles. The van der Waals surface area contributed by atoms with E-state index in [2.05, 4.69) is 57.7 Å². The molecule has 3 aromatic carbocycles. The molecule has 3 N–H and O–H groups in total. The minimum atomic E-state index is -3.04. The second-order valence-corrected chi connectivity index (χ2v) is 23.2. The van der Waals surface area contributed by atoms with Gasteiger partial charge in [-0.25, -0.2) is 0 Å². The van der Waals surface area contributed by atoms with Gasteiger partial charge in [0.2, 0.25) is 0 Å². The van der Waals surface area contributed by atoms with Gasteiger partial charge < -0.3 is 5.11 Å². The molecule has 246 valence electrons. The molecule has 10 heteroatoms. The van der Waals surface area contributed by atoms with Gasteiger partial charge in [-0.3, -0.25) is 4.79 Å². The second kappa shape index (κ2) is 12.1.